The molecule has 0 aliphatic heterocycles. The van der Waals surface area contributed by atoms with E-state index in [0.717, 1.165) is 6.61 Å². The number of aliphatic hydroxyl groups excluding tert-OH is 1. The van der Waals surface area contributed by atoms with E-state index in [4.69, 9.17) is 14.6 Å². The number of rotatable bonds is 8. The maximum Gasteiger partial charge on any atom is 0.0683 e. The van der Waals surface area contributed by atoms with Crippen molar-refractivity contribution in [3.8, 4) is 0 Å². The Bertz CT molecular complexity index is 262. The van der Waals surface area contributed by atoms with Crippen molar-refractivity contribution in [3.63, 3.8) is 0 Å². The lowest BCUT2D eigenvalue weighted by Crippen LogP contribution is -2.38. The molecule has 3 atom stereocenters. The van der Waals surface area contributed by atoms with Crippen LogP contribution in [-0.2, 0) is 9.47 Å². The Morgan fingerprint density at radius 2 is 1.94 bits per heavy atom. The Morgan fingerprint density at radius 3 is 2.44 bits per heavy atom. The van der Waals surface area contributed by atoms with Crippen LogP contribution < -0.4 is 0 Å². The minimum atomic E-state index is -0.151. The van der Waals surface area contributed by atoms with Gasteiger partial charge in [0.2, 0.25) is 0 Å². The first kappa shape index (κ1) is 15.9. The molecule has 1 aliphatic rings. The van der Waals surface area contributed by atoms with Crippen LogP contribution in [0.25, 0.3) is 0 Å². The van der Waals surface area contributed by atoms with E-state index >= 15 is 0 Å². The fourth-order valence-corrected chi connectivity index (χ4v) is 2.31. The molecule has 108 valence electrons. The van der Waals surface area contributed by atoms with Crippen LogP contribution in [0.15, 0.2) is 0 Å². The lowest BCUT2D eigenvalue weighted by molar-refractivity contribution is -0.0910. The molecular formula is C15H30O3. The van der Waals surface area contributed by atoms with Gasteiger partial charge >= 0.3 is 0 Å². The lowest BCUT2D eigenvalue weighted by atomic mass is 9.87. The average molecular weight is 258 g/mol. The van der Waals surface area contributed by atoms with Crippen LogP contribution in [0.2, 0.25) is 0 Å². The van der Waals surface area contributed by atoms with Crippen molar-refractivity contribution in [2.24, 2.45) is 17.3 Å². The van der Waals surface area contributed by atoms with Gasteiger partial charge in [0.1, 0.15) is 0 Å². The molecule has 1 aliphatic carbocycles. The molecule has 0 aromatic heterocycles. The molecule has 1 rings (SSSR count). The Balaban J connectivity index is 2.43. The predicted molar refractivity (Wildman–Crippen MR) is 73.6 cm³/mol. The molecular weight excluding hydrogens is 228 g/mol. The van der Waals surface area contributed by atoms with Gasteiger partial charge in [-0.1, -0.05) is 13.8 Å². The van der Waals surface area contributed by atoms with E-state index in [0.29, 0.717) is 18.6 Å². The largest absolute Gasteiger partial charge is 0.396 e. The molecule has 0 heterocycles. The van der Waals surface area contributed by atoms with Crippen molar-refractivity contribution in [2.45, 2.75) is 59.7 Å². The number of hydrogen-bond donors (Lipinski definition) is 1. The molecule has 0 radical (unpaired) electrons. The summed E-state index contributed by atoms with van der Waals surface area (Å²) in [5.74, 6) is 0.802. The zero-order valence-corrected chi connectivity index (χ0v) is 12.8. The van der Waals surface area contributed by atoms with Gasteiger partial charge in [-0.15, -0.1) is 0 Å². The maximum atomic E-state index is 9.05. The second-order valence-electron chi connectivity index (χ2n) is 6.81. The number of aliphatic hydroxyl groups is 1. The molecule has 0 bridgehead atoms. The molecule has 1 saturated carbocycles. The zero-order valence-electron chi connectivity index (χ0n) is 12.8. The molecule has 0 amide bonds. The second kappa shape index (κ2) is 5.89. The molecule has 3 unspecified atom stereocenters. The molecule has 1 N–H and O–H groups in total. The molecule has 3 heteroatoms. The van der Waals surface area contributed by atoms with Crippen LogP contribution in [0.1, 0.15) is 48.0 Å². The van der Waals surface area contributed by atoms with Crippen LogP contribution in [-0.4, -0.2) is 36.6 Å². The van der Waals surface area contributed by atoms with E-state index < -0.39 is 0 Å². The quantitative estimate of drug-likeness (QED) is 0.727. The molecule has 0 aromatic rings. The highest BCUT2D eigenvalue weighted by molar-refractivity contribution is 5.09. The first-order chi connectivity index (χ1) is 8.23. The van der Waals surface area contributed by atoms with E-state index in [-0.39, 0.29) is 23.5 Å². The SMILES string of the molecule is CC(CO)COC(C)(C)C1(C)CC1COC(C)C. The van der Waals surface area contributed by atoms with Gasteiger partial charge in [-0.2, -0.15) is 0 Å². The fraction of sp³-hybridized carbons (Fsp3) is 1.00. The van der Waals surface area contributed by atoms with Crippen molar-refractivity contribution in [1.82, 2.24) is 0 Å². The fourth-order valence-electron chi connectivity index (χ4n) is 2.31. The first-order valence-electron chi connectivity index (χ1n) is 7.09. The van der Waals surface area contributed by atoms with Gasteiger partial charge in [-0.25, -0.2) is 0 Å². The molecule has 0 saturated heterocycles. The first-order valence-corrected chi connectivity index (χ1v) is 7.09. The topological polar surface area (TPSA) is 38.7 Å². The van der Waals surface area contributed by atoms with Crippen LogP contribution in [0.4, 0.5) is 0 Å². The summed E-state index contributed by atoms with van der Waals surface area (Å²) in [7, 11) is 0. The highest BCUT2D eigenvalue weighted by atomic mass is 16.5. The Labute approximate surface area is 112 Å². The highest BCUT2D eigenvalue weighted by Crippen LogP contribution is 2.60. The third-order valence-electron chi connectivity index (χ3n) is 4.46. The molecule has 1 fully saturated rings. The minimum absolute atomic E-state index is 0.151. The van der Waals surface area contributed by atoms with Gasteiger partial charge in [0.05, 0.1) is 24.9 Å². The number of ether oxygens (including phenoxy) is 2. The van der Waals surface area contributed by atoms with Crippen molar-refractivity contribution in [1.29, 1.82) is 0 Å². The van der Waals surface area contributed by atoms with Crippen LogP contribution in [0.3, 0.4) is 0 Å². The van der Waals surface area contributed by atoms with Crippen molar-refractivity contribution < 1.29 is 14.6 Å². The second-order valence-corrected chi connectivity index (χ2v) is 6.81. The Morgan fingerprint density at radius 1 is 1.33 bits per heavy atom. The molecule has 0 spiro atoms. The lowest BCUT2D eigenvalue weighted by Gasteiger charge is -2.34. The van der Waals surface area contributed by atoms with Gasteiger partial charge in [0.25, 0.3) is 0 Å². The Hall–Kier alpha value is -0.120. The summed E-state index contributed by atoms with van der Waals surface area (Å²) in [6.07, 6.45) is 1.47. The van der Waals surface area contributed by atoms with Crippen molar-refractivity contribution in [3.05, 3.63) is 0 Å². The monoisotopic (exact) mass is 258 g/mol. The number of hydrogen-bond acceptors (Lipinski definition) is 3. The zero-order chi connectivity index (χ0) is 14.0. The predicted octanol–water partition coefficient (Wildman–Crippen LogP) is 2.86. The van der Waals surface area contributed by atoms with Crippen LogP contribution >= 0.6 is 0 Å². The van der Waals surface area contributed by atoms with Gasteiger partial charge < -0.3 is 14.6 Å². The highest BCUT2D eigenvalue weighted by Gasteiger charge is 2.60. The Kier molecular flexibility index (Phi) is 5.22. The minimum Gasteiger partial charge on any atom is -0.396 e. The molecule has 0 aromatic carbocycles. The van der Waals surface area contributed by atoms with E-state index in [9.17, 15) is 0 Å². The summed E-state index contributed by atoms with van der Waals surface area (Å²) in [5.41, 5.74) is 0.0541. The standard InChI is InChI=1S/C15H30O3/c1-11(2)17-10-13-7-15(13,6)14(4,5)18-9-12(3)8-16/h11-13,16H,7-10H2,1-6H3. The summed E-state index contributed by atoms with van der Waals surface area (Å²) in [6, 6.07) is 0. The average Bonchev–Trinajstić information content (AvgIpc) is 2.97. The van der Waals surface area contributed by atoms with Crippen molar-refractivity contribution >= 4 is 0 Å². The van der Waals surface area contributed by atoms with Gasteiger partial charge in [0, 0.05) is 17.9 Å². The molecule has 18 heavy (non-hydrogen) atoms. The van der Waals surface area contributed by atoms with E-state index in [1.165, 1.54) is 6.42 Å². The summed E-state index contributed by atoms with van der Waals surface area (Å²) in [4.78, 5) is 0. The third-order valence-corrected chi connectivity index (χ3v) is 4.46. The summed E-state index contributed by atoms with van der Waals surface area (Å²) in [6.45, 7) is 14.4. The van der Waals surface area contributed by atoms with E-state index in [1.54, 1.807) is 0 Å². The van der Waals surface area contributed by atoms with E-state index in [1.807, 2.05) is 6.92 Å². The van der Waals surface area contributed by atoms with Crippen LogP contribution in [0.5, 0.6) is 0 Å². The smallest absolute Gasteiger partial charge is 0.0683 e. The van der Waals surface area contributed by atoms with E-state index in [2.05, 4.69) is 34.6 Å². The summed E-state index contributed by atoms with van der Waals surface area (Å²) >= 11 is 0. The summed E-state index contributed by atoms with van der Waals surface area (Å²) < 4.78 is 11.7. The third kappa shape index (κ3) is 3.69. The van der Waals surface area contributed by atoms with Gasteiger partial charge in [-0.3, -0.25) is 0 Å². The normalized spacial score (nSPS) is 29.7. The van der Waals surface area contributed by atoms with Crippen LogP contribution in [0, 0.1) is 17.3 Å². The molecule has 3 nitrogen and oxygen atoms in total. The van der Waals surface area contributed by atoms with Gasteiger partial charge in [-0.05, 0) is 40.0 Å². The van der Waals surface area contributed by atoms with Gasteiger partial charge in [0.15, 0.2) is 0 Å². The summed E-state index contributed by atoms with van der Waals surface area (Å²) in [5, 5.41) is 9.05. The maximum absolute atomic E-state index is 9.05. The van der Waals surface area contributed by atoms with Crippen molar-refractivity contribution in [2.75, 3.05) is 19.8 Å².